The maximum atomic E-state index is 12.5. The third-order valence-electron chi connectivity index (χ3n) is 7.38. The molecule has 8 heteroatoms. The number of hydrogen-bond acceptors (Lipinski definition) is 5. The molecule has 0 fully saturated rings. The number of fused-ring (bicyclic) bond motifs is 1. The number of aliphatic hydroxyl groups is 4. The van der Waals surface area contributed by atoms with Crippen LogP contribution in [0.15, 0.2) is 30.3 Å². The fourth-order valence-electron chi connectivity index (χ4n) is 5.22. The number of rotatable bonds is 10. The summed E-state index contributed by atoms with van der Waals surface area (Å²) in [5.74, 6) is -1.71. The van der Waals surface area contributed by atoms with Crippen LogP contribution < -0.4 is 4.74 Å². The Bertz CT molecular complexity index is 990. The second-order valence-corrected chi connectivity index (χ2v) is 9.71. The minimum Gasteiger partial charge on any atom is -0.406 e. The summed E-state index contributed by atoms with van der Waals surface area (Å²) in [6, 6.07) is 7.93. The van der Waals surface area contributed by atoms with E-state index in [0.717, 1.165) is 41.5 Å². The van der Waals surface area contributed by atoms with Gasteiger partial charge in [0.2, 0.25) is 0 Å². The van der Waals surface area contributed by atoms with E-state index in [1.165, 1.54) is 23.3 Å². The van der Waals surface area contributed by atoms with E-state index in [1.54, 1.807) is 19.1 Å². The monoisotopic (exact) mass is 496 g/mol. The van der Waals surface area contributed by atoms with Gasteiger partial charge in [-0.1, -0.05) is 32.0 Å². The highest BCUT2D eigenvalue weighted by Crippen LogP contribution is 2.38. The summed E-state index contributed by atoms with van der Waals surface area (Å²) in [5.41, 5.74) is 6.51. The SMILES string of the molecule is Cc1c(C(C)C(CO)C(O)C(O)C(C)CO)cc(Cc2ccc(OC(F)(F)F)cc2)c2c1CCC2. The molecule has 1 aliphatic carbocycles. The van der Waals surface area contributed by atoms with Gasteiger partial charge >= 0.3 is 6.36 Å². The highest BCUT2D eigenvalue weighted by molar-refractivity contribution is 5.51. The molecule has 0 aromatic heterocycles. The van der Waals surface area contributed by atoms with Crippen molar-refractivity contribution in [3.8, 4) is 5.75 Å². The van der Waals surface area contributed by atoms with Crippen molar-refractivity contribution >= 4 is 0 Å². The molecule has 0 aliphatic heterocycles. The van der Waals surface area contributed by atoms with Gasteiger partial charge in [-0.3, -0.25) is 0 Å². The summed E-state index contributed by atoms with van der Waals surface area (Å²) in [4.78, 5) is 0. The molecule has 5 unspecified atom stereocenters. The fourth-order valence-corrected chi connectivity index (χ4v) is 5.22. The van der Waals surface area contributed by atoms with Crippen LogP contribution in [0, 0.1) is 18.8 Å². The van der Waals surface area contributed by atoms with Crippen molar-refractivity contribution in [2.75, 3.05) is 13.2 Å². The van der Waals surface area contributed by atoms with Gasteiger partial charge in [-0.15, -0.1) is 13.2 Å². The number of benzene rings is 2. The second kappa shape index (κ2) is 11.3. The van der Waals surface area contributed by atoms with Crippen LogP contribution in [0.25, 0.3) is 0 Å². The third kappa shape index (κ3) is 6.36. The number of hydrogen-bond donors (Lipinski definition) is 4. The molecule has 0 saturated carbocycles. The standard InChI is InChI=1S/C27H35F3O5/c1-15(13-31)25(33)26(34)24(14-32)17(3)23-12-19(22-6-4-5-21(22)16(23)2)11-18-7-9-20(10-8-18)35-27(28,29)30/h7-10,12,15,17,24-26,31-34H,4-6,11,13-14H2,1-3H3. The zero-order valence-corrected chi connectivity index (χ0v) is 20.3. The van der Waals surface area contributed by atoms with E-state index >= 15 is 0 Å². The molecule has 35 heavy (non-hydrogen) atoms. The predicted molar refractivity (Wildman–Crippen MR) is 126 cm³/mol. The van der Waals surface area contributed by atoms with Crippen LogP contribution in [-0.2, 0) is 19.3 Å². The summed E-state index contributed by atoms with van der Waals surface area (Å²) in [6.07, 6.45) is -3.73. The number of halogens is 3. The fraction of sp³-hybridized carbons (Fsp3) is 0.556. The minimum absolute atomic E-state index is 0.264. The summed E-state index contributed by atoms with van der Waals surface area (Å²) < 4.78 is 41.4. The van der Waals surface area contributed by atoms with Crippen LogP contribution >= 0.6 is 0 Å². The Kier molecular flexibility index (Phi) is 8.86. The first-order valence-electron chi connectivity index (χ1n) is 12.0. The first kappa shape index (κ1) is 27.5. The van der Waals surface area contributed by atoms with Crippen LogP contribution in [0.4, 0.5) is 13.2 Å². The van der Waals surface area contributed by atoms with E-state index in [1.807, 2.05) is 13.8 Å². The second-order valence-electron chi connectivity index (χ2n) is 9.71. The van der Waals surface area contributed by atoms with E-state index in [0.29, 0.717) is 6.42 Å². The molecule has 3 rings (SSSR count). The van der Waals surface area contributed by atoms with E-state index in [4.69, 9.17) is 0 Å². The van der Waals surface area contributed by atoms with Gasteiger partial charge in [-0.25, -0.2) is 0 Å². The summed E-state index contributed by atoms with van der Waals surface area (Å²) in [5, 5.41) is 40.7. The zero-order valence-electron chi connectivity index (χ0n) is 20.3. The van der Waals surface area contributed by atoms with Crippen molar-refractivity contribution in [1.29, 1.82) is 0 Å². The Morgan fingerprint density at radius 3 is 2.14 bits per heavy atom. The van der Waals surface area contributed by atoms with E-state index < -0.39 is 30.4 Å². The van der Waals surface area contributed by atoms with Crippen molar-refractivity contribution < 1.29 is 38.3 Å². The Hall–Kier alpha value is -2.13. The highest BCUT2D eigenvalue weighted by Gasteiger charge is 2.35. The Balaban J connectivity index is 1.92. The lowest BCUT2D eigenvalue weighted by Crippen LogP contribution is -2.42. The van der Waals surface area contributed by atoms with Gasteiger partial charge in [-0.2, -0.15) is 0 Å². The smallest absolute Gasteiger partial charge is 0.406 e. The molecular formula is C27H35F3O5. The lowest BCUT2D eigenvalue weighted by Gasteiger charge is -2.33. The van der Waals surface area contributed by atoms with Crippen molar-refractivity contribution in [3.63, 3.8) is 0 Å². The van der Waals surface area contributed by atoms with Crippen molar-refractivity contribution in [1.82, 2.24) is 0 Å². The molecule has 2 aromatic carbocycles. The van der Waals surface area contributed by atoms with Crippen LogP contribution in [0.5, 0.6) is 5.75 Å². The molecule has 0 spiro atoms. The quantitative estimate of drug-likeness (QED) is 0.399. The minimum atomic E-state index is -4.74. The molecule has 0 radical (unpaired) electrons. The van der Waals surface area contributed by atoms with Gasteiger partial charge < -0.3 is 25.2 Å². The van der Waals surface area contributed by atoms with Gasteiger partial charge in [0.25, 0.3) is 0 Å². The maximum Gasteiger partial charge on any atom is 0.573 e. The first-order chi connectivity index (χ1) is 16.5. The average molecular weight is 497 g/mol. The summed E-state index contributed by atoms with van der Waals surface area (Å²) >= 11 is 0. The van der Waals surface area contributed by atoms with E-state index in [-0.39, 0.29) is 24.9 Å². The van der Waals surface area contributed by atoms with Gasteiger partial charge in [0.15, 0.2) is 0 Å². The number of alkyl halides is 3. The zero-order chi connectivity index (χ0) is 25.9. The molecule has 2 aromatic rings. The van der Waals surface area contributed by atoms with Gasteiger partial charge in [0.1, 0.15) is 5.75 Å². The largest absolute Gasteiger partial charge is 0.573 e. The maximum absolute atomic E-state index is 12.5. The predicted octanol–water partition coefficient (Wildman–Crippen LogP) is 4.04. The van der Waals surface area contributed by atoms with Crippen molar-refractivity contribution in [3.05, 3.63) is 63.7 Å². The average Bonchev–Trinajstić information content (AvgIpc) is 3.31. The molecule has 4 N–H and O–H groups in total. The summed E-state index contributed by atoms with van der Waals surface area (Å²) in [7, 11) is 0. The molecule has 1 aliphatic rings. The lowest BCUT2D eigenvalue weighted by molar-refractivity contribution is -0.274. The highest BCUT2D eigenvalue weighted by atomic mass is 19.4. The van der Waals surface area contributed by atoms with Crippen LogP contribution in [0.1, 0.15) is 59.6 Å². The Morgan fingerprint density at radius 2 is 1.57 bits per heavy atom. The van der Waals surface area contributed by atoms with E-state index in [2.05, 4.69) is 10.8 Å². The first-order valence-corrected chi connectivity index (χ1v) is 12.0. The van der Waals surface area contributed by atoms with Crippen LogP contribution in [0.2, 0.25) is 0 Å². The van der Waals surface area contributed by atoms with Crippen molar-refractivity contribution in [2.24, 2.45) is 11.8 Å². The molecule has 5 atom stereocenters. The number of aliphatic hydroxyl groups excluding tert-OH is 4. The van der Waals surface area contributed by atoms with Gasteiger partial charge in [-0.05, 0) is 84.0 Å². The molecule has 0 heterocycles. The van der Waals surface area contributed by atoms with Crippen LogP contribution in [-0.4, -0.2) is 52.2 Å². The molecule has 5 nitrogen and oxygen atoms in total. The lowest BCUT2D eigenvalue weighted by atomic mass is 9.77. The van der Waals surface area contributed by atoms with Gasteiger partial charge in [0, 0.05) is 25.0 Å². The number of ether oxygens (including phenoxy) is 1. The normalized spacial score (nSPS) is 18.0. The third-order valence-corrected chi connectivity index (χ3v) is 7.38. The Morgan fingerprint density at radius 1 is 0.943 bits per heavy atom. The Labute approximate surface area is 204 Å². The van der Waals surface area contributed by atoms with Crippen molar-refractivity contribution in [2.45, 2.75) is 70.9 Å². The van der Waals surface area contributed by atoms with E-state index in [9.17, 15) is 33.6 Å². The molecule has 0 saturated heterocycles. The van der Waals surface area contributed by atoms with Gasteiger partial charge in [0.05, 0.1) is 12.2 Å². The molecule has 0 bridgehead atoms. The molecule has 194 valence electrons. The van der Waals surface area contributed by atoms with Crippen LogP contribution in [0.3, 0.4) is 0 Å². The molecular weight excluding hydrogens is 461 g/mol. The topological polar surface area (TPSA) is 90.2 Å². The molecule has 0 amide bonds. The summed E-state index contributed by atoms with van der Waals surface area (Å²) in [6.45, 7) is 4.98.